The number of anilines is 1. The van der Waals surface area contributed by atoms with E-state index in [0.29, 0.717) is 25.3 Å². The van der Waals surface area contributed by atoms with Crippen LogP contribution in [-0.4, -0.2) is 57.5 Å². The summed E-state index contributed by atoms with van der Waals surface area (Å²) in [5.41, 5.74) is -0.929. The maximum Gasteiger partial charge on any atom is 0.239 e. The number of β-amino-alcohol motifs (C(OH)–C–C–N with tert-alkyl or cyclic N) is 1. The van der Waals surface area contributed by atoms with Gasteiger partial charge in [0.1, 0.15) is 18.0 Å². The topological polar surface area (TPSA) is 79.6 Å². The fourth-order valence-electron chi connectivity index (χ4n) is 2.79. The van der Waals surface area contributed by atoms with E-state index in [4.69, 9.17) is 4.74 Å². The molecule has 1 fully saturated rings. The third kappa shape index (κ3) is 4.33. The molecule has 1 aliphatic heterocycles. The summed E-state index contributed by atoms with van der Waals surface area (Å²) >= 11 is 0. The molecule has 1 aromatic carbocycles. The number of hydrogen-bond acceptors (Lipinski definition) is 5. The molecule has 0 bridgehead atoms. The zero-order chi connectivity index (χ0) is 17.0. The molecule has 7 heteroatoms. The smallest absolute Gasteiger partial charge is 0.239 e. The fraction of sp³-hybridized carbons (Fsp3) is 0.412. The average Bonchev–Trinajstić information content (AvgIpc) is 3.13. The monoisotopic (exact) mass is 330 g/mol. The summed E-state index contributed by atoms with van der Waals surface area (Å²) in [4.78, 5) is 14.0. The van der Waals surface area contributed by atoms with E-state index < -0.39 is 5.60 Å². The Bertz CT molecular complexity index is 688. The molecule has 24 heavy (non-hydrogen) atoms. The number of aromatic nitrogens is 2. The van der Waals surface area contributed by atoms with Crippen molar-refractivity contribution in [3.05, 3.63) is 42.6 Å². The Morgan fingerprint density at radius 3 is 2.88 bits per heavy atom. The summed E-state index contributed by atoms with van der Waals surface area (Å²) in [6.45, 7) is 1.51. The van der Waals surface area contributed by atoms with E-state index in [1.165, 1.54) is 0 Å². The van der Waals surface area contributed by atoms with Gasteiger partial charge in [0.05, 0.1) is 6.54 Å². The molecule has 3 rings (SSSR count). The molecule has 0 saturated carbocycles. The highest BCUT2D eigenvalue weighted by Crippen LogP contribution is 2.22. The zero-order valence-electron chi connectivity index (χ0n) is 13.7. The predicted molar refractivity (Wildman–Crippen MR) is 89.8 cm³/mol. The van der Waals surface area contributed by atoms with Gasteiger partial charge in [0.2, 0.25) is 5.91 Å². The van der Waals surface area contributed by atoms with Crippen LogP contribution in [0.25, 0.3) is 0 Å². The molecule has 0 aliphatic carbocycles. The second kappa shape index (κ2) is 7.02. The van der Waals surface area contributed by atoms with Crippen LogP contribution < -0.4 is 10.1 Å². The number of ether oxygens (including phenoxy) is 1. The number of rotatable bonds is 6. The van der Waals surface area contributed by atoms with Crippen LogP contribution in [0.2, 0.25) is 0 Å². The minimum Gasteiger partial charge on any atom is -0.491 e. The van der Waals surface area contributed by atoms with Crippen LogP contribution in [0, 0.1) is 0 Å². The molecule has 1 amide bonds. The van der Waals surface area contributed by atoms with Crippen LogP contribution in [0.3, 0.4) is 0 Å². The number of amides is 1. The summed E-state index contributed by atoms with van der Waals surface area (Å²) in [5, 5.41) is 17.5. The third-order valence-electron chi connectivity index (χ3n) is 4.01. The summed E-state index contributed by atoms with van der Waals surface area (Å²) < 4.78 is 7.28. The lowest BCUT2D eigenvalue weighted by Gasteiger charge is -2.23. The Morgan fingerprint density at radius 2 is 2.17 bits per heavy atom. The van der Waals surface area contributed by atoms with Crippen molar-refractivity contribution in [2.45, 2.75) is 12.0 Å². The lowest BCUT2D eigenvalue weighted by molar-refractivity contribution is -0.117. The molecule has 1 saturated heterocycles. The molecule has 2 N–H and O–H groups in total. The van der Waals surface area contributed by atoms with Crippen LogP contribution in [0.15, 0.2) is 42.6 Å². The molecule has 2 heterocycles. The molecule has 1 atom stereocenters. The van der Waals surface area contributed by atoms with E-state index in [-0.39, 0.29) is 19.1 Å². The molecule has 2 aromatic rings. The standard InChI is InChI=1S/C17H22N4O3/c1-20-9-7-15(19-20)18-16(22)11-21-10-8-17(23,12-21)13-24-14-5-3-2-4-6-14/h2-7,9,23H,8,10-13H2,1H3,(H,18,19,22)/t17-/m0/s1. The first-order valence-corrected chi connectivity index (χ1v) is 7.95. The Morgan fingerprint density at radius 1 is 1.38 bits per heavy atom. The summed E-state index contributed by atoms with van der Waals surface area (Å²) in [7, 11) is 1.79. The predicted octanol–water partition coefficient (Wildman–Crippen LogP) is 0.874. The van der Waals surface area contributed by atoms with Crippen LogP contribution >= 0.6 is 0 Å². The Kier molecular flexibility index (Phi) is 4.82. The summed E-state index contributed by atoms with van der Waals surface area (Å²) in [5.74, 6) is 1.13. The van der Waals surface area contributed by atoms with Crippen molar-refractivity contribution in [1.82, 2.24) is 14.7 Å². The summed E-state index contributed by atoms with van der Waals surface area (Å²) in [6, 6.07) is 11.2. The van der Waals surface area contributed by atoms with Crippen molar-refractivity contribution in [2.24, 2.45) is 7.05 Å². The van der Waals surface area contributed by atoms with Gasteiger partial charge in [-0.3, -0.25) is 14.4 Å². The Labute approximate surface area is 140 Å². The molecule has 1 aromatic heterocycles. The SMILES string of the molecule is Cn1ccc(NC(=O)CN2CC[C@@](O)(COc3ccccc3)C2)n1. The van der Waals surface area contributed by atoms with Gasteiger partial charge in [-0.2, -0.15) is 5.10 Å². The van der Waals surface area contributed by atoms with Crippen LogP contribution in [0.5, 0.6) is 5.75 Å². The number of nitrogens with zero attached hydrogens (tertiary/aromatic N) is 3. The van der Waals surface area contributed by atoms with E-state index in [1.807, 2.05) is 35.2 Å². The number of carbonyl (C=O) groups is 1. The van der Waals surface area contributed by atoms with Gasteiger partial charge in [-0.25, -0.2) is 0 Å². The molecule has 0 unspecified atom stereocenters. The molecule has 7 nitrogen and oxygen atoms in total. The van der Waals surface area contributed by atoms with Gasteiger partial charge in [0, 0.05) is 32.4 Å². The van der Waals surface area contributed by atoms with Crippen LogP contribution in [-0.2, 0) is 11.8 Å². The van der Waals surface area contributed by atoms with Crippen LogP contribution in [0.4, 0.5) is 5.82 Å². The normalized spacial score (nSPS) is 20.9. The number of hydrogen-bond donors (Lipinski definition) is 2. The van der Waals surface area contributed by atoms with Gasteiger partial charge < -0.3 is 15.2 Å². The minimum atomic E-state index is -0.929. The van der Waals surface area contributed by atoms with Gasteiger partial charge in [-0.15, -0.1) is 0 Å². The minimum absolute atomic E-state index is 0.137. The molecule has 0 radical (unpaired) electrons. The lowest BCUT2D eigenvalue weighted by Crippen LogP contribution is -2.41. The number of carbonyl (C=O) groups excluding carboxylic acids is 1. The van der Waals surface area contributed by atoms with Gasteiger partial charge >= 0.3 is 0 Å². The number of nitrogens with one attached hydrogen (secondary N) is 1. The largest absolute Gasteiger partial charge is 0.491 e. The molecule has 1 aliphatic rings. The third-order valence-corrected chi connectivity index (χ3v) is 4.01. The van der Waals surface area contributed by atoms with Crippen molar-refractivity contribution < 1.29 is 14.6 Å². The highest BCUT2D eigenvalue weighted by atomic mass is 16.5. The average molecular weight is 330 g/mol. The molecular formula is C17H22N4O3. The van der Waals surface area contributed by atoms with Crippen molar-refractivity contribution in [1.29, 1.82) is 0 Å². The number of aryl methyl sites for hydroxylation is 1. The Hall–Kier alpha value is -2.38. The van der Waals surface area contributed by atoms with Crippen molar-refractivity contribution in [2.75, 3.05) is 31.6 Å². The first-order chi connectivity index (χ1) is 11.5. The Balaban J connectivity index is 1.46. The fourth-order valence-corrected chi connectivity index (χ4v) is 2.79. The van der Waals surface area contributed by atoms with Crippen molar-refractivity contribution in [3.63, 3.8) is 0 Å². The van der Waals surface area contributed by atoms with Crippen molar-refractivity contribution in [3.8, 4) is 5.75 Å². The van der Waals surface area contributed by atoms with Crippen molar-refractivity contribution >= 4 is 11.7 Å². The number of benzene rings is 1. The maximum absolute atomic E-state index is 12.1. The number of para-hydroxylation sites is 1. The molecule has 128 valence electrons. The van der Waals surface area contributed by atoms with E-state index >= 15 is 0 Å². The first-order valence-electron chi connectivity index (χ1n) is 7.95. The van der Waals surface area contributed by atoms with E-state index in [9.17, 15) is 9.90 Å². The first kappa shape index (κ1) is 16.5. The van der Waals surface area contributed by atoms with Gasteiger partial charge in [0.15, 0.2) is 5.82 Å². The van der Waals surface area contributed by atoms with Crippen LogP contribution in [0.1, 0.15) is 6.42 Å². The van der Waals surface area contributed by atoms with Gasteiger partial charge in [0.25, 0.3) is 0 Å². The second-order valence-electron chi connectivity index (χ2n) is 6.21. The summed E-state index contributed by atoms with van der Waals surface area (Å²) in [6.07, 6.45) is 2.35. The lowest BCUT2D eigenvalue weighted by atomic mass is 10.1. The van der Waals surface area contributed by atoms with Gasteiger partial charge in [-0.05, 0) is 18.6 Å². The maximum atomic E-state index is 12.1. The van der Waals surface area contributed by atoms with Gasteiger partial charge in [-0.1, -0.05) is 18.2 Å². The second-order valence-corrected chi connectivity index (χ2v) is 6.21. The zero-order valence-corrected chi connectivity index (χ0v) is 13.7. The molecular weight excluding hydrogens is 308 g/mol. The van der Waals surface area contributed by atoms with E-state index in [2.05, 4.69) is 10.4 Å². The number of likely N-dealkylation sites (tertiary alicyclic amines) is 1. The van der Waals surface area contributed by atoms with E-state index in [1.54, 1.807) is 24.0 Å². The van der Waals surface area contributed by atoms with E-state index in [0.717, 1.165) is 5.75 Å². The number of aliphatic hydroxyl groups is 1. The highest BCUT2D eigenvalue weighted by molar-refractivity contribution is 5.91. The molecule has 0 spiro atoms. The quantitative estimate of drug-likeness (QED) is 0.822. The highest BCUT2D eigenvalue weighted by Gasteiger charge is 2.37.